The number of anilines is 1. The van der Waals surface area contributed by atoms with Crippen molar-refractivity contribution in [3.05, 3.63) is 53.6 Å². The predicted molar refractivity (Wildman–Crippen MR) is 102 cm³/mol. The second kappa shape index (κ2) is 7.36. The summed E-state index contributed by atoms with van der Waals surface area (Å²) in [6, 6.07) is 11.5. The van der Waals surface area contributed by atoms with Gasteiger partial charge < -0.3 is 9.47 Å². The van der Waals surface area contributed by atoms with Gasteiger partial charge >= 0.3 is 0 Å². The second-order valence-corrected chi connectivity index (χ2v) is 6.46. The summed E-state index contributed by atoms with van der Waals surface area (Å²) in [7, 11) is 3.16. The van der Waals surface area contributed by atoms with Crippen LogP contribution in [0.5, 0.6) is 11.5 Å². The molecule has 0 aliphatic rings. The average molecular weight is 354 g/mol. The Kier molecular flexibility index (Phi) is 5.00. The van der Waals surface area contributed by atoms with Crippen molar-refractivity contribution in [2.45, 2.75) is 6.92 Å². The van der Waals surface area contributed by atoms with Crippen molar-refractivity contribution in [1.29, 1.82) is 0 Å². The number of methoxy groups -OCH3 is 2. The summed E-state index contributed by atoms with van der Waals surface area (Å²) in [5.41, 5.74) is 2.89. The number of nitrogens with zero attached hydrogens (tertiary/aromatic N) is 1. The summed E-state index contributed by atoms with van der Waals surface area (Å²) in [6.45, 7) is 2.03. The first-order valence-corrected chi connectivity index (χ1v) is 8.49. The normalized spacial score (nSPS) is 11.0. The molecule has 3 aromatic rings. The number of hydrogen-bond acceptors (Lipinski definition) is 5. The quantitative estimate of drug-likeness (QED) is 0.695. The molecule has 0 fully saturated rings. The number of nitrogens with one attached hydrogen (secondary N) is 1. The maximum atomic E-state index is 12.1. The predicted octanol–water partition coefficient (Wildman–Crippen LogP) is 4.27. The molecule has 25 heavy (non-hydrogen) atoms. The molecule has 5 nitrogen and oxygen atoms in total. The molecule has 0 bridgehead atoms. The first-order chi connectivity index (χ1) is 12.1. The Hall–Kier alpha value is -2.86. The van der Waals surface area contributed by atoms with Gasteiger partial charge in [0, 0.05) is 6.08 Å². The molecule has 0 spiro atoms. The third-order valence-electron chi connectivity index (χ3n) is 3.61. The zero-order chi connectivity index (χ0) is 17.8. The van der Waals surface area contributed by atoms with Gasteiger partial charge in [-0.05, 0) is 48.4 Å². The summed E-state index contributed by atoms with van der Waals surface area (Å²) < 4.78 is 11.5. The van der Waals surface area contributed by atoms with E-state index in [-0.39, 0.29) is 5.91 Å². The van der Waals surface area contributed by atoms with Crippen molar-refractivity contribution >= 4 is 38.7 Å². The fourth-order valence-electron chi connectivity index (χ4n) is 2.36. The zero-order valence-electron chi connectivity index (χ0n) is 14.2. The summed E-state index contributed by atoms with van der Waals surface area (Å²) in [5.74, 6) is 1.03. The van der Waals surface area contributed by atoms with E-state index in [1.165, 1.54) is 23.0 Å². The van der Waals surface area contributed by atoms with Crippen LogP contribution >= 0.6 is 11.3 Å². The summed E-state index contributed by atoms with van der Waals surface area (Å²) in [4.78, 5) is 16.5. The third kappa shape index (κ3) is 3.97. The van der Waals surface area contributed by atoms with Crippen molar-refractivity contribution < 1.29 is 14.3 Å². The van der Waals surface area contributed by atoms with Crippen LogP contribution in [0.25, 0.3) is 16.3 Å². The molecule has 1 amide bonds. The highest BCUT2D eigenvalue weighted by molar-refractivity contribution is 7.22. The van der Waals surface area contributed by atoms with Crippen LogP contribution in [0.15, 0.2) is 42.5 Å². The number of rotatable bonds is 5. The van der Waals surface area contributed by atoms with Crippen LogP contribution in [0.2, 0.25) is 0 Å². The van der Waals surface area contributed by atoms with E-state index in [2.05, 4.69) is 16.4 Å². The molecule has 0 saturated carbocycles. The molecule has 128 valence electrons. The Labute approximate surface area is 149 Å². The van der Waals surface area contributed by atoms with Gasteiger partial charge in [-0.15, -0.1) is 0 Å². The average Bonchev–Trinajstić information content (AvgIpc) is 3.00. The zero-order valence-corrected chi connectivity index (χ0v) is 15.0. The SMILES string of the molecule is COc1ccc(/C=C\C(=O)Nc2nc3ccc(C)cc3s2)cc1OC. The number of aromatic nitrogens is 1. The van der Waals surface area contributed by atoms with Gasteiger partial charge in [-0.2, -0.15) is 0 Å². The van der Waals surface area contributed by atoms with Crippen LogP contribution in [-0.2, 0) is 4.79 Å². The van der Waals surface area contributed by atoms with E-state index in [1.807, 2.05) is 31.2 Å². The van der Waals surface area contributed by atoms with Gasteiger partial charge in [0.15, 0.2) is 16.6 Å². The number of thiazole rings is 1. The molecule has 0 unspecified atom stereocenters. The molecule has 1 aromatic heterocycles. The van der Waals surface area contributed by atoms with E-state index in [0.717, 1.165) is 15.8 Å². The molecular formula is C19H18N2O3S. The molecule has 0 saturated heterocycles. The second-order valence-electron chi connectivity index (χ2n) is 5.43. The fourth-order valence-corrected chi connectivity index (χ4v) is 3.33. The molecule has 3 rings (SSSR count). The molecule has 0 aliphatic heterocycles. The Bertz CT molecular complexity index is 947. The number of hydrogen-bond donors (Lipinski definition) is 1. The lowest BCUT2D eigenvalue weighted by Crippen LogP contribution is -2.07. The van der Waals surface area contributed by atoms with Gasteiger partial charge in [0.2, 0.25) is 5.91 Å². The molecule has 2 aromatic carbocycles. The Morgan fingerprint density at radius 3 is 2.68 bits per heavy atom. The third-order valence-corrected chi connectivity index (χ3v) is 4.54. The Morgan fingerprint density at radius 1 is 1.12 bits per heavy atom. The number of fused-ring (bicyclic) bond motifs is 1. The highest BCUT2D eigenvalue weighted by Gasteiger charge is 2.07. The first kappa shape index (κ1) is 17.0. The van der Waals surface area contributed by atoms with Gasteiger partial charge in [0.25, 0.3) is 0 Å². The summed E-state index contributed by atoms with van der Waals surface area (Å²) >= 11 is 1.46. The van der Waals surface area contributed by atoms with Crippen molar-refractivity contribution in [1.82, 2.24) is 4.98 Å². The van der Waals surface area contributed by atoms with E-state index in [0.29, 0.717) is 16.6 Å². The highest BCUT2D eigenvalue weighted by atomic mass is 32.1. The van der Waals surface area contributed by atoms with Gasteiger partial charge in [-0.1, -0.05) is 23.5 Å². The van der Waals surface area contributed by atoms with Crippen LogP contribution in [0, 0.1) is 6.92 Å². The van der Waals surface area contributed by atoms with Crippen molar-refractivity contribution in [3.63, 3.8) is 0 Å². The Morgan fingerprint density at radius 2 is 1.92 bits per heavy atom. The van der Waals surface area contributed by atoms with Gasteiger partial charge in [-0.25, -0.2) is 4.98 Å². The lowest BCUT2D eigenvalue weighted by Gasteiger charge is -2.07. The minimum atomic E-state index is -0.231. The first-order valence-electron chi connectivity index (χ1n) is 7.67. The minimum Gasteiger partial charge on any atom is -0.493 e. The lowest BCUT2D eigenvalue weighted by atomic mass is 10.2. The van der Waals surface area contributed by atoms with Crippen LogP contribution in [0.1, 0.15) is 11.1 Å². The maximum absolute atomic E-state index is 12.1. The highest BCUT2D eigenvalue weighted by Crippen LogP contribution is 2.28. The van der Waals surface area contributed by atoms with E-state index >= 15 is 0 Å². The van der Waals surface area contributed by atoms with Gasteiger partial charge in [-0.3, -0.25) is 10.1 Å². The molecular weight excluding hydrogens is 336 g/mol. The van der Waals surface area contributed by atoms with Crippen molar-refractivity contribution in [3.8, 4) is 11.5 Å². The van der Waals surface area contributed by atoms with E-state index in [9.17, 15) is 4.79 Å². The molecule has 0 aliphatic carbocycles. The van der Waals surface area contributed by atoms with Gasteiger partial charge in [0.1, 0.15) is 0 Å². The fraction of sp³-hybridized carbons (Fsp3) is 0.158. The number of aryl methyl sites for hydroxylation is 1. The largest absolute Gasteiger partial charge is 0.493 e. The number of ether oxygens (including phenoxy) is 2. The smallest absolute Gasteiger partial charge is 0.250 e. The molecule has 0 atom stereocenters. The standard InChI is InChI=1S/C19H18N2O3S/c1-12-4-7-14-17(10-12)25-19(20-14)21-18(22)9-6-13-5-8-15(23-2)16(11-13)24-3/h4-11H,1-3H3,(H,20,21,22)/b9-6-. The summed E-state index contributed by atoms with van der Waals surface area (Å²) in [6.07, 6.45) is 3.19. The lowest BCUT2D eigenvalue weighted by molar-refractivity contribution is -0.111. The van der Waals surface area contributed by atoms with E-state index < -0.39 is 0 Å². The van der Waals surface area contributed by atoms with E-state index in [1.54, 1.807) is 26.4 Å². The maximum Gasteiger partial charge on any atom is 0.250 e. The summed E-state index contributed by atoms with van der Waals surface area (Å²) in [5, 5.41) is 3.38. The number of benzene rings is 2. The minimum absolute atomic E-state index is 0.231. The number of carbonyl (C=O) groups is 1. The molecule has 1 heterocycles. The number of carbonyl (C=O) groups excluding carboxylic acids is 1. The number of amides is 1. The van der Waals surface area contributed by atoms with Gasteiger partial charge in [0.05, 0.1) is 24.4 Å². The molecule has 6 heteroatoms. The van der Waals surface area contributed by atoms with E-state index in [4.69, 9.17) is 9.47 Å². The monoisotopic (exact) mass is 354 g/mol. The van der Waals surface area contributed by atoms with Crippen LogP contribution in [0.4, 0.5) is 5.13 Å². The molecule has 1 N–H and O–H groups in total. The topological polar surface area (TPSA) is 60.5 Å². The van der Waals surface area contributed by atoms with Crippen molar-refractivity contribution in [2.75, 3.05) is 19.5 Å². The van der Waals surface area contributed by atoms with Crippen LogP contribution in [-0.4, -0.2) is 25.1 Å². The van der Waals surface area contributed by atoms with Crippen LogP contribution < -0.4 is 14.8 Å². The Balaban J connectivity index is 1.71. The van der Waals surface area contributed by atoms with Crippen LogP contribution in [0.3, 0.4) is 0 Å². The van der Waals surface area contributed by atoms with Crippen molar-refractivity contribution in [2.24, 2.45) is 0 Å². The molecule has 0 radical (unpaired) electrons.